The molecule has 0 rings (SSSR count). The van der Waals surface area contributed by atoms with Crippen LogP contribution in [0.5, 0.6) is 0 Å². The molecule has 0 heterocycles. The van der Waals surface area contributed by atoms with Gasteiger partial charge in [0.1, 0.15) is 6.29 Å². The molecule has 0 aromatic heterocycles. The lowest BCUT2D eigenvalue weighted by Gasteiger charge is -2.17. The Labute approximate surface area is 92.2 Å². The maximum Gasteiger partial charge on any atom is 0.311 e. The van der Waals surface area contributed by atoms with Crippen molar-refractivity contribution in [2.45, 2.75) is 47.0 Å². The number of esters is 1. The van der Waals surface area contributed by atoms with Crippen LogP contribution >= 0.6 is 0 Å². The summed E-state index contributed by atoms with van der Waals surface area (Å²) in [5.74, 6) is 0.271. The number of hydrogen-bond acceptors (Lipinski definition) is 3. The van der Waals surface area contributed by atoms with Crippen LogP contribution in [0.2, 0.25) is 0 Å². The molecule has 1 atom stereocenters. The molecule has 0 N–H and O–H groups in total. The van der Waals surface area contributed by atoms with Gasteiger partial charge in [-0.2, -0.15) is 0 Å². The molecular formula is C12H22O3. The van der Waals surface area contributed by atoms with Crippen LogP contribution in [0.15, 0.2) is 0 Å². The first-order valence-corrected chi connectivity index (χ1v) is 5.48. The number of hydrogen-bond donors (Lipinski definition) is 0. The van der Waals surface area contributed by atoms with E-state index < -0.39 is 5.41 Å². The molecule has 0 amide bonds. The van der Waals surface area contributed by atoms with E-state index in [1.807, 2.05) is 20.8 Å². The lowest BCUT2D eigenvalue weighted by Crippen LogP contribution is -2.23. The zero-order chi connectivity index (χ0) is 11.9. The summed E-state index contributed by atoms with van der Waals surface area (Å²) in [6, 6.07) is 0. The molecule has 0 aliphatic heterocycles. The lowest BCUT2D eigenvalue weighted by molar-refractivity contribution is -0.153. The Bertz CT molecular complexity index is 203. The van der Waals surface area contributed by atoms with Gasteiger partial charge in [0.05, 0.1) is 12.0 Å². The highest BCUT2D eigenvalue weighted by Crippen LogP contribution is 2.16. The number of carbonyl (C=O) groups is 2. The third-order valence-corrected chi connectivity index (χ3v) is 2.23. The van der Waals surface area contributed by atoms with Crippen LogP contribution in [-0.2, 0) is 14.3 Å². The van der Waals surface area contributed by atoms with Crippen molar-refractivity contribution in [2.24, 2.45) is 11.3 Å². The average molecular weight is 214 g/mol. The zero-order valence-electron chi connectivity index (χ0n) is 10.2. The van der Waals surface area contributed by atoms with Crippen LogP contribution in [0.4, 0.5) is 0 Å². The van der Waals surface area contributed by atoms with Crippen molar-refractivity contribution in [3.05, 3.63) is 0 Å². The predicted molar refractivity (Wildman–Crippen MR) is 59.5 cm³/mol. The molecule has 0 aliphatic carbocycles. The molecule has 0 spiro atoms. The van der Waals surface area contributed by atoms with Gasteiger partial charge in [-0.05, 0) is 39.5 Å². The minimum absolute atomic E-state index is 0.162. The maximum atomic E-state index is 11.4. The molecule has 0 fully saturated rings. The van der Waals surface area contributed by atoms with E-state index in [9.17, 15) is 9.59 Å². The molecule has 0 saturated carbocycles. The Balaban J connectivity index is 3.61. The van der Waals surface area contributed by atoms with E-state index in [0.29, 0.717) is 18.9 Å². The van der Waals surface area contributed by atoms with E-state index in [2.05, 4.69) is 6.92 Å². The fourth-order valence-corrected chi connectivity index (χ4v) is 1.07. The van der Waals surface area contributed by atoms with E-state index in [-0.39, 0.29) is 5.97 Å². The Morgan fingerprint density at radius 2 is 1.93 bits per heavy atom. The SMILES string of the molecule is C[C@H](CCC=O)CCOC(=O)C(C)(C)C. The van der Waals surface area contributed by atoms with Crippen molar-refractivity contribution in [1.29, 1.82) is 0 Å². The van der Waals surface area contributed by atoms with Gasteiger partial charge in [0.2, 0.25) is 0 Å². The topological polar surface area (TPSA) is 43.4 Å². The molecule has 0 bridgehead atoms. The summed E-state index contributed by atoms with van der Waals surface area (Å²) in [5.41, 5.74) is -0.425. The molecule has 0 saturated heterocycles. The average Bonchev–Trinajstić information content (AvgIpc) is 2.13. The summed E-state index contributed by atoms with van der Waals surface area (Å²) in [6.07, 6.45) is 3.22. The highest BCUT2D eigenvalue weighted by molar-refractivity contribution is 5.75. The monoisotopic (exact) mass is 214 g/mol. The highest BCUT2D eigenvalue weighted by Gasteiger charge is 2.22. The number of ether oxygens (including phenoxy) is 1. The van der Waals surface area contributed by atoms with Crippen molar-refractivity contribution in [3.63, 3.8) is 0 Å². The standard InChI is InChI=1S/C12H22O3/c1-10(6-5-8-13)7-9-15-11(14)12(2,3)4/h8,10H,5-7,9H2,1-4H3/t10-/m1/s1. The molecule has 0 aromatic carbocycles. The van der Waals surface area contributed by atoms with Crippen molar-refractivity contribution < 1.29 is 14.3 Å². The predicted octanol–water partition coefficient (Wildman–Crippen LogP) is 2.58. The van der Waals surface area contributed by atoms with Crippen LogP contribution in [0, 0.1) is 11.3 Å². The summed E-state index contributed by atoms with van der Waals surface area (Å²) in [6.45, 7) is 8.03. The largest absolute Gasteiger partial charge is 0.465 e. The summed E-state index contributed by atoms with van der Waals surface area (Å²) in [7, 11) is 0. The molecule has 0 aliphatic rings. The maximum absolute atomic E-state index is 11.4. The zero-order valence-corrected chi connectivity index (χ0v) is 10.2. The first-order valence-electron chi connectivity index (χ1n) is 5.48. The van der Waals surface area contributed by atoms with Crippen LogP contribution in [0.1, 0.15) is 47.0 Å². The summed E-state index contributed by atoms with van der Waals surface area (Å²) in [4.78, 5) is 21.5. The first kappa shape index (κ1) is 14.1. The molecule has 0 unspecified atom stereocenters. The smallest absolute Gasteiger partial charge is 0.311 e. The summed E-state index contributed by atoms with van der Waals surface area (Å²) >= 11 is 0. The Kier molecular flexibility index (Phi) is 6.21. The Morgan fingerprint density at radius 1 is 1.33 bits per heavy atom. The van der Waals surface area contributed by atoms with E-state index >= 15 is 0 Å². The van der Waals surface area contributed by atoms with E-state index in [4.69, 9.17) is 4.74 Å². The van der Waals surface area contributed by atoms with Gasteiger partial charge in [-0.1, -0.05) is 6.92 Å². The summed E-state index contributed by atoms with van der Waals surface area (Å²) in [5, 5.41) is 0. The van der Waals surface area contributed by atoms with Gasteiger partial charge in [0.25, 0.3) is 0 Å². The second kappa shape index (κ2) is 6.59. The molecule has 3 heteroatoms. The minimum Gasteiger partial charge on any atom is -0.465 e. The number of carbonyl (C=O) groups excluding carboxylic acids is 2. The first-order chi connectivity index (χ1) is 6.88. The van der Waals surface area contributed by atoms with Gasteiger partial charge < -0.3 is 9.53 Å². The van der Waals surface area contributed by atoms with Crippen LogP contribution in [0.3, 0.4) is 0 Å². The van der Waals surface area contributed by atoms with Crippen molar-refractivity contribution in [2.75, 3.05) is 6.61 Å². The fraction of sp³-hybridized carbons (Fsp3) is 0.833. The molecule has 0 aromatic rings. The minimum atomic E-state index is -0.425. The number of aldehydes is 1. The third-order valence-electron chi connectivity index (χ3n) is 2.23. The van der Waals surface area contributed by atoms with Crippen LogP contribution in [-0.4, -0.2) is 18.9 Å². The Morgan fingerprint density at radius 3 is 2.40 bits per heavy atom. The van der Waals surface area contributed by atoms with Gasteiger partial charge in [0, 0.05) is 6.42 Å². The van der Waals surface area contributed by atoms with E-state index in [1.54, 1.807) is 0 Å². The van der Waals surface area contributed by atoms with Crippen molar-refractivity contribution in [1.82, 2.24) is 0 Å². The van der Waals surface area contributed by atoms with Gasteiger partial charge >= 0.3 is 5.97 Å². The molecular weight excluding hydrogens is 192 g/mol. The second-order valence-corrected chi connectivity index (χ2v) is 5.02. The van der Waals surface area contributed by atoms with Crippen LogP contribution in [0.25, 0.3) is 0 Å². The van der Waals surface area contributed by atoms with Gasteiger partial charge in [-0.15, -0.1) is 0 Å². The Hall–Kier alpha value is -0.860. The van der Waals surface area contributed by atoms with Crippen molar-refractivity contribution >= 4 is 12.3 Å². The van der Waals surface area contributed by atoms with Crippen molar-refractivity contribution in [3.8, 4) is 0 Å². The molecule has 88 valence electrons. The lowest BCUT2D eigenvalue weighted by atomic mass is 9.97. The third kappa shape index (κ3) is 7.11. The van der Waals surface area contributed by atoms with E-state index in [1.165, 1.54) is 0 Å². The summed E-state index contributed by atoms with van der Waals surface area (Å²) < 4.78 is 5.13. The molecule has 0 radical (unpaired) electrons. The highest BCUT2D eigenvalue weighted by atomic mass is 16.5. The van der Waals surface area contributed by atoms with Gasteiger partial charge in [-0.25, -0.2) is 0 Å². The normalized spacial score (nSPS) is 13.3. The fourth-order valence-electron chi connectivity index (χ4n) is 1.07. The molecule has 15 heavy (non-hydrogen) atoms. The van der Waals surface area contributed by atoms with Gasteiger partial charge in [0.15, 0.2) is 0 Å². The van der Waals surface area contributed by atoms with Crippen LogP contribution < -0.4 is 0 Å². The second-order valence-electron chi connectivity index (χ2n) is 5.02. The van der Waals surface area contributed by atoms with E-state index in [0.717, 1.165) is 19.1 Å². The number of rotatable bonds is 6. The molecule has 3 nitrogen and oxygen atoms in total. The van der Waals surface area contributed by atoms with Gasteiger partial charge in [-0.3, -0.25) is 4.79 Å². The quantitative estimate of drug-likeness (QED) is 0.504.